The zero-order valence-electron chi connectivity index (χ0n) is 7.59. The summed E-state index contributed by atoms with van der Waals surface area (Å²) in [5.74, 6) is 0.834. The molecule has 3 rings (SSSR count). The second kappa shape index (κ2) is 2.82. The molecule has 2 aliphatic rings. The number of benzene rings is 1. The molecule has 2 unspecified atom stereocenters. The van der Waals surface area contributed by atoms with Gasteiger partial charge in [0.15, 0.2) is 0 Å². The Labute approximate surface area is 78.3 Å². The third kappa shape index (κ3) is 1.18. The maximum Gasteiger partial charge on any atom is 0.0468 e. The van der Waals surface area contributed by atoms with E-state index in [0.717, 1.165) is 12.5 Å². The monoisotopic (exact) mass is 174 g/mol. The smallest absolute Gasteiger partial charge is 0.0468 e. The Bertz CT molecular complexity index is 322. The Morgan fingerprint density at radius 3 is 3.15 bits per heavy atom. The van der Waals surface area contributed by atoms with Gasteiger partial charge in [-0.05, 0) is 29.9 Å². The van der Waals surface area contributed by atoms with Crippen LogP contribution in [-0.2, 0) is 6.42 Å². The van der Waals surface area contributed by atoms with Crippen molar-refractivity contribution in [2.24, 2.45) is 5.92 Å². The number of rotatable bonds is 0. The summed E-state index contributed by atoms with van der Waals surface area (Å²) in [5.41, 5.74) is 9.67. The van der Waals surface area contributed by atoms with E-state index in [9.17, 15) is 0 Å². The van der Waals surface area contributed by atoms with E-state index in [0.29, 0.717) is 6.04 Å². The van der Waals surface area contributed by atoms with Gasteiger partial charge in [0.05, 0.1) is 0 Å². The molecule has 2 nitrogen and oxygen atoms in total. The van der Waals surface area contributed by atoms with Crippen LogP contribution in [0, 0.1) is 5.92 Å². The second-order valence-electron chi connectivity index (χ2n) is 4.08. The van der Waals surface area contributed by atoms with Crippen molar-refractivity contribution in [3.8, 4) is 0 Å². The van der Waals surface area contributed by atoms with Gasteiger partial charge in [-0.1, -0.05) is 24.3 Å². The van der Waals surface area contributed by atoms with E-state index in [1.54, 1.807) is 0 Å². The zero-order valence-corrected chi connectivity index (χ0v) is 7.59. The van der Waals surface area contributed by atoms with Crippen LogP contribution in [0.25, 0.3) is 0 Å². The highest BCUT2D eigenvalue weighted by atomic mass is 15.4. The van der Waals surface area contributed by atoms with Gasteiger partial charge < -0.3 is 0 Å². The summed E-state index contributed by atoms with van der Waals surface area (Å²) < 4.78 is 0. The van der Waals surface area contributed by atoms with E-state index in [4.69, 9.17) is 0 Å². The lowest BCUT2D eigenvalue weighted by atomic mass is 9.80. The van der Waals surface area contributed by atoms with E-state index in [1.807, 2.05) is 0 Å². The van der Waals surface area contributed by atoms with Crippen LogP contribution in [-0.4, -0.2) is 6.54 Å². The van der Waals surface area contributed by atoms with Crippen molar-refractivity contribution < 1.29 is 0 Å². The summed E-state index contributed by atoms with van der Waals surface area (Å²) in [6.07, 6.45) is 2.55. The van der Waals surface area contributed by atoms with Gasteiger partial charge in [0.1, 0.15) is 0 Å². The molecule has 2 bridgehead atoms. The molecular formula is C11H14N2. The van der Waals surface area contributed by atoms with Crippen LogP contribution in [0.1, 0.15) is 23.6 Å². The van der Waals surface area contributed by atoms with Gasteiger partial charge in [-0.2, -0.15) is 0 Å². The van der Waals surface area contributed by atoms with Crippen LogP contribution >= 0.6 is 0 Å². The summed E-state index contributed by atoms with van der Waals surface area (Å²) in [6.45, 7) is 1.12. The van der Waals surface area contributed by atoms with Crippen LogP contribution < -0.4 is 10.9 Å². The molecule has 1 fully saturated rings. The van der Waals surface area contributed by atoms with Crippen LogP contribution in [0.15, 0.2) is 24.3 Å². The summed E-state index contributed by atoms with van der Waals surface area (Å²) in [6, 6.07) is 9.34. The standard InChI is InChI=1S/C11H14N2/c1-2-4-10-9(3-1)5-8-6-11(10)13-12-7-8/h1-4,8,11-13H,5-7H2. The lowest BCUT2D eigenvalue weighted by Crippen LogP contribution is -2.48. The van der Waals surface area contributed by atoms with E-state index >= 15 is 0 Å². The third-order valence-corrected chi connectivity index (χ3v) is 3.18. The van der Waals surface area contributed by atoms with Crippen molar-refractivity contribution in [3.63, 3.8) is 0 Å². The molecular weight excluding hydrogens is 160 g/mol. The first-order chi connectivity index (χ1) is 6.43. The van der Waals surface area contributed by atoms with E-state index in [-0.39, 0.29) is 0 Å². The van der Waals surface area contributed by atoms with Crippen LogP contribution in [0.4, 0.5) is 0 Å². The molecule has 0 radical (unpaired) electrons. The first-order valence-corrected chi connectivity index (χ1v) is 4.99. The number of hydrazine groups is 1. The highest BCUT2D eigenvalue weighted by molar-refractivity contribution is 5.33. The minimum atomic E-state index is 0.545. The first-order valence-electron chi connectivity index (χ1n) is 4.99. The molecule has 1 aliphatic carbocycles. The Kier molecular flexibility index (Phi) is 1.64. The molecule has 0 spiro atoms. The average molecular weight is 174 g/mol. The van der Waals surface area contributed by atoms with Gasteiger partial charge >= 0.3 is 0 Å². The topological polar surface area (TPSA) is 24.1 Å². The van der Waals surface area contributed by atoms with Gasteiger partial charge in [-0.25, -0.2) is 0 Å². The van der Waals surface area contributed by atoms with Crippen molar-refractivity contribution in [3.05, 3.63) is 35.4 Å². The van der Waals surface area contributed by atoms with Gasteiger partial charge in [0.25, 0.3) is 0 Å². The minimum absolute atomic E-state index is 0.545. The fourth-order valence-electron chi connectivity index (χ4n) is 2.53. The van der Waals surface area contributed by atoms with Gasteiger partial charge in [0, 0.05) is 12.6 Å². The highest BCUT2D eigenvalue weighted by Crippen LogP contribution is 2.34. The molecule has 0 saturated carbocycles. The molecule has 2 heteroatoms. The van der Waals surface area contributed by atoms with Crippen molar-refractivity contribution in [2.45, 2.75) is 18.9 Å². The molecule has 0 aromatic heterocycles. The van der Waals surface area contributed by atoms with Gasteiger partial charge in [-0.15, -0.1) is 0 Å². The zero-order chi connectivity index (χ0) is 8.67. The van der Waals surface area contributed by atoms with Crippen molar-refractivity contribution in [2.75, 3.05) is 6.54 Å². The quantitative estimate of drug-likeness (QED) is 0.621. The summed E-state index contributed by atoms with van der Waals surface area (Å²) in [4.78, 5) is 0. The predicted octanol–water partition coefficient (Wildman–Crippen LogP) is 1.40. The van der Waals surface area contributed by atoms with Crippen molar-refractivity contribution in [1.29, 1.82) is 0 Å². The van der Waals surface area contributed by atoms with Crippen LogP contribution in [0.5, 0.6) is 0 Å². The Morgan fingerprint density at radius 2 is 2.15 bits per heavy atom. The Morgan fingerprint density at radius 1 is 1.23 bits per heavy atom. The maximum absolute atomic E-state index is 3.36. The number of fused-ring (bicyclic) bond motifs is 4. The molecule has 0 amide bonds. The van der Waals surface area contributed by atoms with Crippen molar-refractivity contribution >= 4 is 0 Å². The SMILES string of the molecule is c1ccc2c(c1)CC1CNNC2C1. The fraction of sp³-hybridized carbons (Fsp3) is 0.455. The third-order valence-electron chi connectivity index (χ3n) is 3.18. The normalized spacial score (nSPS) is 31.1. The lowest BCUT2D eigenvalue weighted by molar-refractivity contribution is 0.248. The summed E-state index contributed by atoms with van der Waals surface area (Å²) in [5, 5.41) is 0. The number of nitrogens with one attached hydrogen (secondary N) is 2. The number of hydrogen-bond acceptors (Lipinski definition) is 2. The number of hydrogen-bond donors (Lipinski definition) is 2. The highest BCUT2D eigenvalue weighted by Gasteiger charge is 2.29. The average Bonchev–Trinajstić information content (AvgIpc) is 2.18. The van der Waals surface area contributed by atoms with Crippen LogP contribution in [0.2, 0.25) is 0 Å². The second-order valence-corrected chi connectivity index (χ2v) is 4.08. The van der Waals surface area contributed by atoms with Crippen LogP contribution in [0.3, 0.4) is 0 Å². The molecule has 2 N–H and O–H groups in total. The molecule has 68 valence electrons. The molecule has 1 aromatic rings. The van der Waals surface area contributed by atoms with E-state index in [1.165, 1.54) is 24.0 Å². The lowest BCUT2D eigenvalue weighted by Gasteiger charge is -2.37. The fourth-order valence-corrected chi connectivity index (χ4v) is 2.53. The molecule has 13 heavy (non-hydrogen) atoms. The molecule has 1 aliphatic heterocycles. The molecule has 2 atom stereocenters. The predicted molar refractivity (Wildman–Crippen MR) is 52.1 cm³/mol. The van der Waals surface area contributed by atoms with Gasteiger partial charge in [0.2, 0.25) is 0 Å². The van der Waals surface area contributed by atoms with E-state index < -0.39 is 0 Å². The van der Waals surface area contributed by atoms with E-state index in [2.05, 4.69) is 35.1 Å². The Hall–Kier alpha value is -0.860. The van der Waals surface area contributed by atoms with Crippen molar-refractivity contribution in [1.82, 2.24) is 10.9 Å². The molecule has 1 saturated heterocycles. The molecule has 1 heterocycles. The summed E-state index contributed by atoms with van der Waals surface area (Å²) >= 11 is 0. The Balaban J connectivity index is 2.06. The summed E-state index contributed by atoms with van der Waals surface area (Å²) in [7, 11) is 0. The van der Waals surface area contributed by atoms with Gasteiger partial charge in [-0.3, -0.25) is 10.9 Å². The maximum atomic E-state index is 3.36. The first kappa shape index (κ1) is 7.54. The molecule has 1 aromatic carbocycles. The largest absolute Gasteiger partial charge is 0.257 e. The minimum Gasteiger partial charge on any atom is -0.257 e.